The highest BCUT2D eigenvalue weighted by Gasteiger charge is 2.30. The molecule has 1 atom stereocenters. The van der Waals surface area contributed by atoms with Gasteiger partial charge in [0, 0.05) is 58.8 Å². The van der Waals surface area contributed by atoms with Gasteiger partial charge in [-0.2, -0.15) is 5.10 Å². The molecule has 9 heteroatoms. The van der Waals surface area contributed by atoms with Crippen molar-refractivity contribution in [2.75, 3.05) is 39.8 Å². The van der Waals surface area contributed by atoms with E-state index < -0.39 is 0 Å². The van der Waals surface area contributed by atoms with Crippen LogP contribution in [0.1, 0.15) is 24.0 Å². The van der Waals surface area contributed by atoms with Gasteiger partial charge in [-0.25, -0.2) is 0 Å². The summed E-state index contributed by atoms with van der Waals surface area (Å²) in [7, 11) is 1.81. The number of rotatable bonds is 5. The molecule has 2 fully saturated rings. The van der Waals surface area contributed by atoms with Crippen LogP contribution in [0.3, 0.4) is 0 Å². The van der Waals surface area contributed by atoms with Gasteiger partial charge in [-0.3, -0.25) is 14.5 Å². The summed E-state index contributed by atoms with van der Waals surface area (Å²) in [6.45, 7) is 5.13. The summed E-state index contributed by atoms with van der Waals surface area (Å²) in [6, 6.07) is 10.4. The van der Waals surface area contributed by atoms with Gasteiger partial charge in [0.05, 0.1) is 6.54 Å². The first kappa shape index (κ1) is 23.5. The molecule has 0 radical (unpaired) electrons. The zero-order chi connectivity index (χ0) is 20.8. The number of hydrogen-bond donors (Lipinski definition) is 1. The first-order valence-corrected chi connectivity index (χ1v) is 10.6. The van der Waals surface area contributed by atoms with Crippen molar-refractivity contribution in [2.45, 2.75) is 32.0 Å². The number of carbonyl (C=O) groups excluding carboxylic acids is 1. The molecule has 2 saturated heterocycles. The van der Waals surface area contributed by atoms with Crippen LogP contribution in [0.25, 0.3) is 0 Å². The van der Waals surface area contributed by atoms with Crippen LogP contribution in [0.2, 0.25) is 0 Å². The SMILES string of the molecule is CN=C(NCc1cccc(Cn2cccn2)c1)N1CCN(C(=O)C2CCCO2)CC1.I. The third-order valence-corrected chi connectivity index (χ3v) is 5.65. The first-order chi connectivity index (χ1) is 14.7. The molecule has 1 aromatic carbocycles. The number of carbonyl (C=O) groups is 1. The summed E-state index contributed by atoms with van der Waals surface area (Å²) in [6.07, 6.45) is 5.36. The van der Waals surface area contributed by atoms with E-state index in [9.17, 15) is 4.79 Å². The quantitative estimate of drug-likeness (QED) is 0.358. The van der Waals surface area contributed by atoms with Gasteiger partial charge in [0.15, 0.2) is 5.96 Å². The fourth-order valence-corrected chi connectivity index (χ4v) is 4.05. The minimum atomic E-state index is -0.233. The number of piperazine rings is 1. The molecule has 168 valence electrons. The summed E-state index contributed by atoms with van der Waals surface area (Å²) in [5.74, 6) is 1.01. The fourth-order valence-electron chi connectivity index (χ4n) is 4.05. The van der Waals surface area contributed by atoms with Crippen molar-refractivity contribution in [1.29, 1.82) is 0 Å². The molecule has 4 rings (SSSR count). The Kier molecular flexibility index (Phi) is 8.70. The smallest absolute Gasteiger partial charge is 0.251 e. The topological polar surface area (TPSA) is 75.0 Å². The van der Waals surface area contributed by atoms with Crippen LogP contribution in [0.4, 0.5) is 0 Å². The van der Waals surface area contributed by atoms with Crippen LogP contribution in [-0.2, 0) is 22.6 Å². The Morgan fingerprint density at radius 3 is 2.65 bits per heavy atom. The lowest BCUT2D eigenvalue weighted by molar-refractivity contribution is -0.142. The lowest BCUT2D eigenvalue weighted by Crippen LogP contribution is -2.55. The summed E-state index contributed by atoms with van der Waals surface area (Å²) >= 11 is 0. The summed E-state index contributed by atoms with van der Waals surface area (Å²) in [5.41, 5.74) is 2.42. The summed E-state index contributed by atoms with van der Waals surface area (Å²) in [4.78, 5) is 21.1. The van der Waals surface area contributed by atoms with Crippen molar-refractivity contribution < 1.29 is 9.53 Å². The van der Waals surface area contributed by atoms with Gasteiger partial charge in [0.25, 0.3) is 5.91 Å². The molecule has 31 heavy (non-hydrogen) atoms. The number of nitrogens with one attached hydrogen (secondary N) is 1. The van der Waals surface area contributed by atoms with E-state index in [2.05, 4.69) is 44.6 Å². The lowest BCUT2D eigenvalue weighted by Gasteiger charge is -2.37. The number of nitrogens with zero attached hydrogens (tertiary/aromatic N) is 5. The van der Waals surface area contributed by atoms with Crippen molar-refractivity contribution in [2.24, 2.45) is 4.99 Å². The monoisotopic (exact) mass is 538 g/mol. The van der Waals surface area contributed by atoms with Crippen molar-refractivity contribution in [3.63, 3.8) is 0 Å². The van der Waals surface area contributed by atoms with Crippen LogP contribution in [0.5, 0.6) is 0 Å². The second kappa shape index (κ2) is 11.5. The van der Waals surface area contributed by atoms with Crippen LogP contribution in [-0.4, -0.2) is 77.4 Å². The highest BCUT2D eigenvalue weighted by Crippen LogP contribution is 2.16. The largest absolute Gasteiger partial charge is 0.368 e. The average molecular weight is 538 g/mol. The van der Waals surface area contributed by atoms with E-state index in [0.29, 0.717) is 26.2 Å². The Bertz CT molecular complexity index is 859. The number of aliphatic imine (C=N–C) groups is 1. The van der Waals surface area contributed by atoms with Gasteiger partial charge in [0.1, 0.15) is 6.10 Å². The molecule has 2 aliphatic heterocycles. The predicted octanol–water partition coefficient (Wildman–Crippen LogP) is 1.95. The third-order valence-electron chi connectivity index (χ3n) is 5.65. The highest BCUT2D eigenvalue weighted by atomic mass is 127. The van der Waals surface area contributed by atoms with E-state index in [1.54, 1.807) is 13.2 Å². The van der Waals surface area contributed by atoms with Crippen LogP contribution in [0.15, 0.2) is 47.7 Å². The highest BCUT2D eigenvalue weighted by molar-refractivity contribution is 14.0. The second-order valence-corrected chi connectivity index (χ2v) is 7.74. The number of aromatic nitrogens is 2. The molecule has 0 spiro atoms. The van der Waals surface area contributed by atoms with E-state index in [1.165, 1.54) is 11.1 Å². The second-order valence-electron chi connectivity index (χ2n) is 7.74. The number of guanidine groups is 1. The summed E-state index contributed by atoms with van der Waals surface area (Å²) < 4.78 is 7.47. The number of hydrogen-bond acceptors (Lipinski definition) is 4. The minimum Gasteiger partial charge on any atom is -0.368 e. The molecule has 8 nitrogen and oxygen atoms in total. The van der Waals surface area contributed by atoms with Crippen LogP contribution < -0.4 is 5.32 Å². The zero-order valence-electron chi connectivity index (χ0n) is 17.9. The minimum absolute atomic E-state index is 0. The first-order valence-electron chi connectivity index (χ1n) is 10.6. The third kappa shape index (κ3) is 6.19. The van der Waals surface area contributed by atoms with E-state index >= 15 is 0 Å². The Hall–Kier alpha value is -2.14. The lowest BCUT2D eigenvalue weighted by atomic mass is 10.1. The fraction of sp³-hybridized carbons (Fsp3) is 0.500. The predicted molar refractivity (Wildman–Crippen MR) is 131 cm³/mol. The van der Waals surface area contributed by atoms with E-state index in [-0.39, 0.29) is 36.0 Å². The molecule has 1 aromatic heterocycles. The molecule has 0 aliphatic carbocycles. The number of amides is 1. The van der Waals surface area contributed by atoms with E-state index in [4.69, 9.17) is 4.74 Å². The molecule has 0 bridgehead atoms. The Balaban J connectivity index is 0.00000272. The average Bonchev–Trinajstić information content (AvgIpc) is 3.49. The number of benzene rings is 1. The molecule has 2 aromatic rings. The molecular formula is C22H31IN6O2. The normalized spacial score (nSPS) is 19.3. The van der Waals surface area contributed by atoms with Gasteiger partial charge in [0.2, 0.25) is 0 Å². The maximum atomic E-state index is 12.5. The van der Waals surface area contributed by atoms with Gasteiger partial charge in [-0.1, -0.05) is 24.3 Å². The van der Waals surface area contributed by atoms with Gasteiger partial charge in [-0.05, 0) is 30.0 Å². The molecule has 0 saturated carbocycles. The van der Waals surface area contributed by atoms with E-state index in [0.717, 1.165) is 38.4 Å². The summed E-state index contributed by atoms with van der Waals surface area (Å²) in [5, 5.41) is 7.74. The van der Waals surface area contributed by atoms with Crippen LogP contribution >= 0.6 is 24.0 Å². The zero-order valence-corrected chi connectivity index (χ0v) is 20.3. The van der Waals surface area contributed by atoms with Crippen molar-refractivity contribution in [1.82, 2.24) is 24.9 Å². The van der Waals surface area contributed by atoms with Gasteiger partial charge >= 0.3 is 0 Å². The molecule has 1 amide bonds. The van der Waals surface area contributed by atoms with Gasteiger partial charge < -0.3 is 19.9 Å². The molecular weight excluding hydrogens is 507 g/mol. The number of ether oxygens (including phenoxy) is 1. The molecule has 1 N–H and O–H groups in total. The Morgan fingerprint density at radius 1 is 1.19 bits per heavy atom. The Labute approximate surface area is 200 Å². The van der Waals surface area contributed by atoms with Crippen molar-refractivity contribution in [3.05, 3.63) is 53.9 Å². The maximum Gasteiger partial charge on any atom is 0.251 e. The van der Waals surface area contributed by atoms with Gasteiger partial charge in [-0.15, -0.1) is 24.0 Å². The molecule has 3 heterocycles. The maximum absolute atomic E-state index is 12.5. The van der Waals surface area contributed by atoms with Crippen LogP contribution in [0, 0.1) is 0 Å². The Morgan fingerprint density at radius 2 is 1.97 bits per heavy atom. The van der Waals surface area contributed by atoms with Crippen molar-refractivity contribution in [3.8, 4) is 0 Å². The van der Waals surface area contributed by atoms with Crippen molar-refractivity contribution >= 4 is 35.8 Å². The van der Waals surface area contributed by atoms with E-state index in [1.807, 2.05) is 21.8 Å². The number of halogens is 1. The standard InChI is InChI=1S/C22H30N6O2.HI/c1-23-22(27-12-10-26(11-13-27)21(29)20-7-3-14-30-20)24-16-18-5-2-6-19(15-18)17-28-9-4-8-25-28;/h2,4-6,8-9,15,20H,3,7,10-14,16-17H2,1H3,(H,23,24);1H. The molecule has 2 aliphatic rings. The molecule has 1 unspecified atom stereocenters.